The van der Waals surface area contributed by atoms with E-state index in [2.05, 4.69) is 295 Å². The molecule has 0 atom stereocenters. The fourth-order valence-electron chi connectivity index (χ4n) is 11.9. The van der Waals surface area contributed by atoms with Crippen LogP contribution in [-0.4, -0.2) is 14.8 Å². The number of nitrogens with zero attached hydrogens (tertiary/aromatic N) is 3. The minimum atomic E-state index is -2.94. The summed E-state index contributed by atoms with van der Waals surface area (Å²) in [5.74, 6) is 0. The summed E-state index contributed by atoms with van der Waals surface area (Å²) in [6, 6.07) is 99.9. The molecule has 5 heteroatoms. The minimum absolute atomic E-state index is 0.110. The zero-order valence-electron chi connectivity index (χ0n) is 39.8. The Morgan fingerprint density at radius 1 is 0.338 bits per heavy atom. The lowest BCUT2D eigenvalue weighted by atomic mass is 9.33. The normalized spacial score (nSPS) is 12.6. The lowest BCUT2D eigenvalue weighted by Crippen LogP contribution is -2.75. The SMILES string of the molecule is Cc1ccc(N2c3ccc([Si](c4ccccc4)(c4ccccc4)c4ccccc4)cc3B3c4cc5ccccc5cc4N(c4ccccc4)c4cc(N(c5ccccc5)c5ccccc5)cc2c43)c(C)c1. The molecule has 13 rings (SSSR count). The fourth-order valence-corrected chi connectivity index (χ4v) is 16.7. The third-order valence-electron chi connectivity index (χ3n) is 14.9. The Kier molecular flexibility index (Phi) is 10.4. The maximum atomic E-state index is 2.63. The van der Waals surface area contributed by atoms with Crippen molar-refractivity contribution in [1.29, 1.82) is 0 Å². The molecule has 2 heterocycles. The molecule has 0 bridgehead atoms. The van der Waals surface area contributed by atoms with E-state index in [1.807, 2.05) is 0 Å². The van der Waals surface area contributed by atoms with E-state index in [0.29, 0.717) is 0 Å². The number of benzene rings is 11. The fraction of sp³-hybridized carbons (Fsp3) is 0.0303. The van der Waals surface area contributed by atoms with Crippen molar-refractivity contribution in [1.82, 2.24) is 0 Å². The van der Waals surface area contributed by atoms with Crippen LogP contribution >= 0.6 is 0 Å². The highest BCUT2D eigenvalue weighted by Gasteiger charge is 2.47. The highest BCUT2D eigenvalue weighted by molar-refractivity contribution is 7.20. The second-order valence-electron chi connectivity index (χ2n) is 19.0. The highest BCUT2D eigenvalue weighted by atomic mass is 28.3. The molecule has 71 heavy (non-hydrogen) atoms. The molecule has 336 valence electrons. The Bertz CT molecular complexity index is 3600. The van der Waals surface area contributed by atoms with Gasteiger partial charge in [-0.3, -0.25) is 0 Å². The van der Waals surface area contributed by atoms with Gasteiger partial charge in [-0.05, 0) is 134 Å². The molecule has 0 spiro atoms. The van der Waals surface area contributed by atoms with Crippen molar-refractivity contribution >= 4 is 114 Å². The standard InChI is InChI=1S/C66H50BN3Si/c1-47-37-39-61(48(2)41-47)70-62-40-38-58(71(55-31-15-6-16-32-55,56-33-17-7-18-34-56)57-35-19-8-20-36-57)46-60(62)67-59-42-49-23-21-22-24-50(49)43-63(59)69(53-29-13-5-14-30-53)64-44-54(45-65(70)66(64)67)68(51-25-9-3-10-26-51)52-27-11-4-12-28-52/h3-46H,1-2H3. The van der Waals surface area contributed by atoms with Crippen LogP contribution in [0.3, 0.4) is 0 Å². The number of fused-ring (bicyclic) bond motifs is 5. The van der Waals surface area contributed by atoms with Crippen molar-refractivity contribution in [3.05, 3.63) is 278 Å². The first kappa shape index (κ1) is 42.5. The Balaban J connectivity index is 1.19. The van der Waals surface area contributed by atoms with Crippen LogP contribution in [-0.2, 0) is 0 Å². The summed E-state index contributed by atoms with van der Waals surface area (Å²) in [6.07, 6.45) is 0. The van der Waals surface area contributed by atoms with Crippen molar-refractivity contribution in [2.24, 2.45) is 0 Å². The van der Waals surface area contributed by atoms with Gasteiger partial charge in [-0.25, -0.2) is 0 Å². The smallest absolute Gasteiger partial charge is 0.252 e. The maximum Gasteiger partial charge on any atom is 0.252 e. The summed E-state index contributed by atoms with van der Waals surface area (Å²) in [4.78, 5) is 7.55. The van der Waals surface area contributed by atoms with Gasteiger partial charge in [0, 0.05) is 45.5 Å². The number of anilines is 9. The first-order valence-electron chi connectivity index (χ1n) is 24.7. The van der Waals surface area contributed by atoms with Gasteiger partial charge in [-0.15, -0.1) is 0 Å². The third kappa shape index (κ3) is 6.95. The molecular weight excluding hydrogens is 874 g/mol. The second kappa shape index (κ2) is 17.4. The molecule has 3 nitrogen and oxygen atoms in total. The highest BCUT2D eigenvalue weighted by Crippen LogP contribution is 2.49. The molecule has 0 unspecified atom stereocenters. The van der Waals surface area contributed by atoms with Crippen LogP contribution in [0, 0.1) is 13.8 Å². The van der Waals surface area contributed by atoms with E-state index >= 15 is 0 Å². The Hall–Kier alpha value is -8.64. The molecular formula is C66H50BN3Si. The first-order valence-corrected chi connectivity index (χ1v) is 26.7. The lowest BCUT2D eigenvalue weighted by molar-refractivity contribution is 1.21. The van der Waals surface area contributed by atoms with E-state index in [4.69, 9.17) is 0 Å². The summed E-state index contributed by atoms with van der Waals surface area (Å²) in [7, 11) is -2.94. The summed E-state index contributed by atoms with van der Waals surface area (Å²) in [6.45, 7) is 4.36. The Labute approximate surface area is 418 Å². The average molecular weight is 924 g/mol. The molecule has 0 N–H and O–H groups in total. The van der Waals surface area contributed by atoms with Gasteiger partial charge in [0.15, 0.2) is 8.07 Å². The van der Waals surface area contributed by atoms with Crippen molar-refractivity contribution in [3.63, 3.8) is 0 Å². The molecule has 11 aromatic rings. The molecule has 0 radical (unpaired) electrons. The summed E-state index contributed by atoms with van der Waals surface area (Å²) in [5.41, 5.74) is 16.6. The van der Waals surface area contributed by atoms with Crippen molar-refractivity contribution in [2.75, 3.05) is 14.7 Å². The van der Waals surface area contributed by atoms with E-state index < -0.39 is 8.07 Å². The summed E-state index contributed by atoms with van der Waals surface area (Å²) < 4.78 is 0. The van der Waals surface area contributed by atoms with Crippen LogP contribution < -0.4 is 51.8 Å². The molecule has 11 aromatic carbocycles. The largest absolute Gasteiger partial charge is 0.311 e. The van der Waals surface area contributed by atoms with E-state index in [9.17, 15) is 0 Å². The molecule has 0 aliphatic carbocycles. The van der Waals surface area contributed by atoms with Gasteiger partial charge in [0.05, 0.1) is 5.69 Å². The van der Waals surface area contributed by atoms with Gasteiger partial charge in [-0.1, -0.05) is 206 Å². The van der Waals surface area contributed by atoms with E-state index in [1.54, 1.807) is 0 Å². The Morgan fingerprint density at radius 3 is 1.35 bits per heavy atom. The van der Waals surface area contributed by atoms with E-state index in [1.165, 1.54) is 81.8 Å². The topological polar surface area (TPSA) is 9.72 Å². The van der Waals surface area contributed by atoms with Gasteiger partial charge >= 0.3 is 0 Å². The van der Waals surface area contributed by atoms with Crippen molar-refractivity contribution in [3.8, 4) is 0 Å². The number of para-hydroxylation sites is 3. The first-order chi connectivity index (χ1) is 35.1. The zero-order valence-corrected chi connectivity index (χ0v) is 40.8. The van der Waals surface area contributed by atoms with Gasteiger partial charge < -0.3 is 14.7 Å². The zero-order chi connectivity index (χ0) is 47.5. The minimum Gasteiger partial charge on any atom is -0.311 e. The van der Waals surface area contributed by atoms with Crippen LogP contribution in [0.2, 0.25) is 0 Å². The quantitative estimate of drug-likeness (QED) is 0.105. The van der Waals surface area contributed by atoms with Gasteiger partial charge in [0.25, 0.3) is 6.71 Å². The van der Waals surface area contributed by atoms with Crippen LogP contribution in [0.4, 0.5) is 51.2 Å². The molecule has 2 aliphatic heterocycles. The number of rotatable bonds is 9. The van der Waals surface area contributed by atoms with Gasteiger partial charge in [0.1, 0.15) is 0 Å². The summed E-state index contributed by atoms with van der Waals surface area (Å²) in [5, 5.41) is 7.88. The molecule has 0 fully saturated rings. The molecule has 0 aromatic heterocycles. The molecule has 0 saturated heterocycles. The van der Waals surface area contributed by atoms with E-state index in [-0.39, 0.29) is 6.71 Å². The van der Waals surface area contributed by atoms with Crippen LogP contribution in [0.25, 0.3) is 10.8 Å². The number of aryl methyl sites for hydroxylation is 2. The monoisotopic (exact) mass is 923 g/mol. The summed E-state index contributed by atoms with van der Waals surface area (Å²) >= 11 is 0. The third-order valence-corrected chi connectivity index (χ3v) is 19.6. The molecule has 0 amide bonds. The second-order valence-corrected chi connectivity index (χ2v) is 22.8. The van der Waals surface area contributed by atoms with Gasteiger partial charge in [-0.2, -0.15) is 0 Å². The number of hydrogen-bond acceptors (Lipinski definition) is 3. The Morgan fingerprint density at radius 2 is 0.803 bits per heavy atom. The molecule has 0 saturated carbocycles. The van der Waals surface area contributed by atoms with Crippen LogP contribution in [0.5, 0.6) is 0 Å². The predicted molar refractivity (Wildman–Crippen MR) is 306 cm³/mol. The number of hydrogen-bond donors (Lipinski definition) is 0. The predicted octanol–water partition coefficient (Wildman–Crippen LogP) is 12.4. The van der Waals surface area contributed by atoms with Crippen LogP contribution in [0.15, 0.2) is 267 Å². The van der Waals surface area contributed by atoms with Gasteiger partial charge in [0.2, 0.25) is 0 Å². The average Bonchev–Trinajstić information content (AvgIpc) is 3.43. The maximum absolute atomic E-state index is 2.94. The lowest BCUT2D eigenvalue weighted by Gasteiger charge is -2.46. The van der Waals surface area contributed by atoms with Crippen molar-refractivity contribution < 1.29 is 0 Å². The molecule has 2 aliphatic rings. The van der Waals surface area contributed by atoms with Crippen molar-refractivity contribution in [2.45, 2.75) is 13.8 Å². The van der Waals surface area contributed by atoms with E-state index in [0.717, 1.165) is 28.4 Å². The van der Waals surface area contributed by atoms with Crippen LogP contribution in [0.1, 0.15) is 11.1 Å².